The van der Waals surface area contributed by atoms with Crippen LogP contribution in [-0.2, 0) is 27.2 Å². The second-order valence-corrected chi connectivity index (χ2v) is 12.2. The van der Waals surface area contributed by atoms with Crippen LogP contribution in [0.2, 0.25) is 0 Å². The Morgan fingerprint density at radius 1 is 1.08 bits per heavy atom. The number of benzene rings is 1. The van der Waals surface area contributed by atoms with Gasteiger partial charge in [0, 0.05) is 16.9 Å². The van der Waals surface area contributed by atoms with Gasteiger partial charge in [-0.2, -0.15) is 4.31 Å². The highest BCUT2D eigenvalue weighted by Gasteiger charge is 2.50. The minimum Gasteiger partial charge on any atom is -0.387 e. The second-order valence-electron chi connectivity index (χ2n) is 8.27. The van der Waals surface area contributed by atoms with Gasteiger partial charge in [-0.1, -0.05) is 35.0 Å². The number of amides is 2. The summed E-state index contributed by atoms with van der Waals surface area (Å²) in [6, 6.07) is 6.90. The standard InChI is InChI=1S/C20H26BrN3O11P2/c1-2-9-32-36(28,29)35-37(30,31)33-11-15-17(25)18(26)19(34-15)23-8-7-16-22-14(10-24(16)20(23)27)12-3-5-13(21)6-4-12/h3-8,10,15-19,22,25-26H,2,9,11H2,1H3,(H,28,29)(H,30,31)/t15-,16?,17?,18+,19-/m1/s1. The molecule has 0 aromatic heterocycles. The van der Waals surface area contributed by atoms with Crippen molar-refractivity contribution in [3.8, 4) is 0 Å². The van der Waals surface area contributed by atoms with Crippen LogP contribution in [0, 0.1) is 0 Å². The van der Waals surface area contributed by atoms with Gasteiger partial charge >= 0.3 is 21.7 Å². The number of nitrogens with one attached hydrogen (secondary N) is 1. The quantitative estimate of drug-likeness (QED) is 0.238. The van der Waals surface area contributed by atoms with Gasteiger partial charge in [0.15, 0.2) is 6.23 Å². The lowest BCUT2D eigenvalue weighted by atomic mass is 10.1. The molecule has 1 aromatic carbocycles. The number of carbonyl (C=O) groups is 1. The van der Waals surface area contributed by atoms with Crippen LogP contribution in [0.5, 0.6) is 0 Å². The Bertz CT molecular complexity index is 1170. The molecule has 1 saturated heterocycles. The zero-order valence-electron chi connectivity index (χ0n) is 19.4. The van der Waals surface area contributed by atoms with Crippen molar-refractivity contribution in [1.29, 1.82) is 0 Å². The maximum Gasteiger partial charge on any atom is 0.481 e. The molecular weight excluding hydrogens is 600 g/mol. The number of fused-ring (bicyclic) bond motifs is 1. The number of hydrogen-bond donors (Lipinski definition) is 5. The third kappa shape index (κ3) is 6.52. The normalized spacial score (nSPS) is 30.5. The fourth-order valence-electron chi connectivity index (χ4n) is 3.80. The number of rotatable bonds is 10. The first-order valence-electron chi connectivity index (χ1n) is 11.1. The SMILES string of the molecule is CCCOP(=O)(O)OP(=O)(O)OC[C@H]1O[C@@H](N2C=CC3NC(c4ccc(Br)cc4)=CN3C2=O)[C@@H](O)C1O. The van der Waals surface area contributed by atoms with Gasteiger partial charge in [-0.25, -0.2) is 13.9 Å². The molecule has 4 unspecified atom stereocenters. The topological polar surface area (TPSA) is 188 Å². The van der Waals surface area contributed by atoms with Gasteiger partial charge in [0.2, 0.25) is 0 Å². The average Bonchev–Trinajstić information content (AvgIpc) is 3.39. The van der Waals surface area contributed by atoms with Crippen LogP contribution in [0.4, 0.5) is 4.79 Å². The number of carbonyl (C=O) groups excluding carboxylic acids is 1. The number of halogens is 1. The lowest BCUT2D eigenvalue weighted by Gasteiger charge is -2.35. The molecule has 1 aromatic rings. The molecule has 0 aliphatic carbocycles. The molecule has 1 fully saturated rings. The lowest BCUT2D eigenvalue weighted by molar-refractivity contribution is -0.0690. The van der Waals surface area contributed by atoms with E-state index in [0.717, 1.165) is 14.9 Å². The summed E-state index contributed by atoms with van der Waals surface area (Å²) in [5.74, 6) is 0. The van der Waals surface area contributed by atoms with Crippen LogP contribution in [-0.4, -0.2) is 79.8 Å². The summed E-state index contributed by atoms with van der Waals surface area (Å²) < 4.78 is 43.6. The molecule has 14 nitrogen and oxygen atoms in total. The minimum atomic E-state index is -5.10. The Morgan fingerprint density at radius 2 is 1.76 bits per heavy atom. The molecule has 3 aliphatic heterocycles. The van der Waals surface area contributed by atoms with Crippen molar-refractivity contribution in [1.82, 2.24) is 15.1 Å². The molecule has 3 heterocycles. The van der Waals surface area contributed by atoms with Crippen molar-refractivity contribution in [3.63, 3.8) is 0 Å². The van der Waals surface area contributed by atoms with Crippen molar-refractivity contribution in [3.05, 3.63) is 52.8 Å². The van der Waals surface area contributed by atoms with E-state index < -0.39 is 59.0 Å². The first-order chi connectivity index (χ1) is 17.4. The fourth-order valence-corrected chi connectivity index (χ4v) is 6.23. The van der Waals surface area contributed by atoms with Gasteiger partial charge in [0.25, 0.3) is 0 Å². The van der Waals surface area contributed by atoms with Crippen LogP contribution in [0.25, 0.3) is 5.70 Å². The number of ether oxygens (including phenoxy) is 1. The zero-order valence-corrected chi connectivity index (χ0v) is 22.7. The monoisotopic (exact) mass is 625 g/mol. The molecular formula is C20H26BrN3O11P2. The number of aliphatic hydroxyl groups excluding tert-OH is 2. The van der Waals surface area contributed by atoms with Crippen molar-refractivity contribution >= 4 is 43.3 Å². The summed E-state index contributed by atoms with van der Waals surface area (Å²) >= 11 is 3.37. The van der Waals surface area contributed by atoms with Gasteiger partial charge in [0.1, 0.15) is 24.5 Å². The number of urea groups is 1. The number of hydrogen-bond acceptors (Lipinski definition) is 10. The third-order valence-electron chi connectivity index (χ3n) is 5.58. The van der Waals surface area contributed by atoms with Gasteiger partial charge in [0.05, 0.1) is 18.9 Å². The predicted molar refractivity (Wildman–Crippen MR) is 131 cm³/mol. The Hall–Kier alpha value is -1.61. The molecule has 37 heavy (non-hydrogen) atoms. The van der Waals surface area contributed by atoms with Gasteiger partial charge in [-0.15, -0.1) is 0 Å². The smallest absolute Gasteiger partial charge is 0.387 e. The number of aliphatic hydroxyl groups is 2. The summed E-state index contributed by atoms with van der Waals surface area (Å²) in [6.07, 6.45) is -1.41. The largest absolute Gasteiger partial charge is 0.481 e. The minimum absolute atomic E-state index is 0.198. The maximum atomic E-state index is 13.2. The Morgan fingerprint density at radius 3 is 2.43 bits per heavy atom. The molecule has 4 rings (SSSR count). The zero-order chi connectivity index (χ0) is 27.0. The third-order valence-corrected chi connectivity index (χ3v) is 8.74. The van der Waals surface area contributed by atoms with E-state index in [2.05, 4.69) is 34.6 Å². The molecule has 17 heteroatoms. The predicted octanol–water partition coefficient (Wildman–Crippen LogP) is 2.04. The number of nitrogens with zero attached hydrogens (tertiary/aromatic N) is 2. The Kier molecular flexibility index (Phi) is 8.63. The lowest BCUT2D eigenvalue weighted by Crippen LogP contribution is -2.54. The van der Waals surface area contributed by atoms with E-state index in [9.17, 15) is 33.9 Å². The molecule has 204 valence electrons. The summed E-state index contributed by atoms with van der Waals surface area (Å²) in [6.45, 7) is 0.649. The second kappa shape index (κ2) is 11.2. The van der Waals surface area contributed by atoms with E-state index in [-0.39, 0.29) is 6.61 Å². The molecule has 0 bridgehead atoms. The molecule has 0 spiro atoms. The highest BCUT2D eigenvalue weighted by atomic mass is 79.9. The van der Waals surface area contributed by atoms with Crippen LogP contribution in [0.1, 0.15) is 18.9 Å². The van der Waals surface area contributed by atoms with E-state index in [4.69, 9.17) is 4.74 Å². The van der Waals surface area contributed by atoms with Crippen molar-refractivity contribution in [2.24, 2.45) is 0 Å². The van der Waals surface area contributed by atoms with Crippen molar-refractivity contribution in [2.75, 3.05) is 13.2 Å². The van der Waals surface area contributed by atoms with Gasteiger partial charge < -0.3 is 30.1 Å². The highest BCUT2D eigenvalue weighted by Crippen LogP contribution is 2.60. The maximum absolute atomic E-state index is 13.2. The molecule has 5 N–H and O–H groups in total. The van der Waals surface area contributed by atoms with Crippen LogP contribution in [0.15, 0.2) is 47.2 Å². The Labute approximate surface area is 220 Å². The molecule has 3 aliphatic rings. The number of phosphoric acid groups is 2. The van der Waals surface area contributed by atoms with E-state index in [1.54, 1.807) is 19.2 Å². The van der Waals surface area contributed by atoms with Crippen molar-refractivity contribution < 1.29 is 52.0 Å². The van der Waals surface area contributed by atoms with Gasteiger partial charge in [-0.3, -0.25) is 18.8 Å². The molecule has 0 radical (unpaired) electrons. The van der Waals surface area contributed by atoms with Crippen molar-refractivity contribution in [2.45, 2.75) is 44.1 Å². The average molecular weight is 626 g/mol. The van der Waals surface area contributed by atoms with E-state index in [1.807, 2.05) is 24.3 Å². The highest BCUT2D eigenvalue weighted by molar-refractivity contribution is 9.10. The molecule has 2 amide bonds. The summed E-state index contributed by atoms with van der Waals surface area (Å²) in [7, 11) is -9.98. The van der Waals surface area contributed by atoms with Gasteiger partial charge in [-0.05, 0) is 30.2 Å². The fraction of sp³-hybridized carbons (Fsp3) is 0.450. The summed E-state index contributed by atoms with van der Waals surface area (Å²) in [5.41, 5.74) is 1.54. The van der Waals surface area contributed by atoms with E-state index in [1.165, 1.54) is 11.1 Å². The van der Waals surface area contributed by atoms with E-state index in [0.29, 0.717) is 12.1 Å². The summed E-state index contributed by atoms with van der Waals surface area (Å²) in [4.78, 5) is 34.9. The van der Waals surface area contributed by atoms with Crippen LogP contribution in [0.3, 0.4) is 0 Å². The van der Waals surface area contributed by atoms with Crippen LogP contribution >= 0.6 is 31.6 Å². The van der Waals surface area contributed by atoms with E-state index >= 15 is 0 Å². The Balaban J connectivity index is 1.39. The van der Waals surface area contributed by atoms with Crippen LogP contribution < -0.4 is 5.32 Å². The number of phosphoric ester groups is 2. The molecule has 0 saturated carbocycles. The first kappa shape index (κ1) is 28.4. The first-order valence-corrected chi connectivity index (χ1v) is 14.9. The molecule has 7 atom stereocenters. The summed E-state index contributed by atoms with van der Waals surface area (Å²) in [5, 5.41) is 24.1.